The van der Waals surface area contributed by atoms with Gasteiger partial charge in [-0.3, -0.25) is 9.78 Å². The lowest BCUT2D eigenvalue weighted by Crippen LogP contribution is -2.00. The Hall–Kier alpha value is -3.40. The number of methoxy groups -OCH3 is 1. The first-order valence-electron chi connectivity index (χ1n) is 8.65. The van der Waals surface area contributed by atoms with E-state index in [4.69, 9.17) is 9.47 Å². The Labute approximate surface area is 159 Å². The van der Waals surface area contributed by atoms with Crippen LogP contribution in [0.2, 0.25) is 0 Å². The fraction of sp³-hybridized carbons (Fsp3) is 0.130. The molecule has 0 spiro atoms. The molecule has 3 aromatic rings. The third-order valence-electron chi connectivity index (χ3n) is 4.15. The summed E-state index contributed by atoms with van der Waals surface area (Å²) in [6.45, 7) is 2.39. The average Bonchev–Trinajstić information content (AvgIpc) is 2.72. The van der Waals surface area contributed by atoms with E-state index in [1.165, 1.54) is 0 Å². The van der Waals surface area contributed by atoms with Gasteiger partial charge in [0.25, 0.3) is 0 Å². The summed E-state index contributed by atoms with van der Waals surface area (Å²) in [7, 11) is 1.63. The number of carbonyl (C=O) groups excluding carboxylic acids is 1. The van der Waals surface area contributed by atoms with Gasteiger partial charge in [0.15, 0.2) is 5.78 Å². The maximum atomic E-state index is 12.2. The molecular weight excluding hydrogens is 338 g/mol. The quantitative estimate of drug-likeness (QED) is 0.446. The van der Waals surface area contributed by atoms with E-state index in [9.17, 15) is 4.79 Å². The Morgan fingerprint density at radius 3 is 2.67 bits per heavy atom. The Morgan fingerprint density at radius 1 is 1.07 bits per heavy atom. The van der Waals surface area contributed by atoms with Crippen molar-refractivity contribution < 1.29 is 14.3 Å². The van der Waals surface area contributed by atoms with Gasteiger partial charge in [-0.05, 0) is 54.5 Å². The molecular formula is C23H21NO3. The second-order valence-electron chi connectivity index (χ2n) is 6.06. The van der Waals surface area contributed by atoms with Gasteiger partial charge in [0.1, 0.15) is 18.1 Å². The molecule has 4 heteroatoms. The van der Waals surface area contributed by atoms with Crippen LogP contribution in [0.3, 0.4) is 0 Å². The van der Waals surface area contributed by atoms with Gasteiger partial charge < -0.3 is 9.47 Å². The second kappa shape index (κ2) is 8.81. The highest BCUT2D eigenvalue weighted by Crippen LogP contribution is 2.24. The van der Waals surface area contributed by atoms with Crippen molar-refractivity contribution in [3.63, 3.8) is 0 Å². The van der Waals surface area contributed by atoms with Crippen molar-refractivity contribution in [2.45, 2.75) is 13.5 Å². The van der Waals surface area contributed by atoms with Crippen LogP contribution in [0.15, 0.2) is 73.1 Å². The van der Waals surface area contributed by atoms with E-state index in [2.05, 4.69) is 4.98 Å². The van der Waals surface area contributed by atoms with Crippen LogP contribution in [0, 0.1) is 6.92 Å². The smallest absolute Gasteiger partial charge is 0.187 e. The van der Waals surface area contributed by atoms with Gasteiger partial charge in [0.2, 0.25) is 0 Å². The predicted octanol–water partition coefficient (Wildman–Crippen LogP) is 4.87. The van der Waals surface area contributed by atoms with Crippen LogP contribution in [0.4, 0.5) is 0 Å². The first kappa shape index (κ1) is 18.4. The Kier molecular flexibility index (Phi) is 6.00. The highest BCUT2D eigenvalue weighted by atomic mass is 16.5. The van der Waals surface area contributed by atoms with Gasteiger partial charge in [-0.25, -0.2) is 0 Å². The zero-order valence-corrected chi connectivity index (χ0v) is 15.4. The van der Waals surface area contributed by atoms with Crippen LogP contribution in [-0.4, -0.2) is 17.9 Å². The molecule has 0 saturated heterocycles. The lowest BCUT2D eigenvalue weighted by Gasteiger charge is -2.12. The number of carbonyl (C=O) groups is 1. The maximum Gasteiger partial charge on any atom is 0.187 e. The standard InChI is InChI=1S/C23H21NO3/c1-17-6-3-4-8-22(17)27-16-20-14-18(10-12-23(20)26-2)9-11-21(25)19-7-5-13-24-15-19/h3-15H,16H2,1-2H3/b11-9+. The zero-order valence-electron chi connectivity index (χ0n) is 15.4. The number of hydrogen-bond donors (Lipinski definition) is 0. The lowest BCUT2D eigenvalue weighted by molar-refractivity contribution is 0.104. The SMILES string of the molecule is COc1ccc(/C=C/C(=O)c2cccnc2)cc1COc1ccccc1C. The summed E-state index contributed by atoms with van der Waals surface area (Å²) in [5.74, 6) is 1.50. The van der Waals surface area contributed by atoms with Crippen molar-refractivity contribution in [3.8, 4) is 11.5 Å². The van der Waals surface area contributed by atoms with E-state index in [0.29, 0.717) is 12.2 Å². The summed E-state index contributed by atoms with van der Waals surface area (Å²) >= 11 is 0. The molecule has 1 heterocycles. The van der Waals surface area contributed by atoms with Crippen LogP contribution < -0.4 is 9.47 Å². The number of pyridine rings is 1. The van der Waals surface area contributed by atoms with E-state index in [0.717, 1.165) is 28.2 Å². The van der Waals surface area contributed by atoms with Crippen LogP contribution in [-0.2, 0) is 6.61 Å². The molecule has 4 nitrogen and oxygen atoms in total. The zero-order chi connectivity index (χ0) is 19.1. The molecule has 27 heavy (non-hydrogen) atoms. The van der Waals surface area contributed by atoms with Gasteiger partial charge in [-0.1, -0.05) is 30.3 Å². The minimum atomic E-state index is -0.0865. The summed E-state index contributed by atoms with van der Waals surface area (Å²) in [6, 6.07) is 17.1. The molecule has 0 amide bonds. The molecule has 0 aliphatic rings. The number of nitrogens with zero attached hydrogens (tertiary/aromatic N) is 1. The molecule has 0 atom stereocenters. The fourth-order valence-corrected chi connectivity index (χ4v) is 2.67. The molecule has 0 aliphatic heterocycles. The molecule has 0 N–H and O–H groups in total. The van der Waals surface area contributed by atoms with Crippen molar-refractivity contribution >= 4 is 11.9 Å². The summed E-state index contributed by atoms with van der Waals surface area (Å²) in [4.78, 5) is 16.2. The average molecular weight is 359 g/mol. The number of ether oxygens (including phenoxy) is 2. The number of aromatic nitrogens is 1. The van der Waals surface area contributed by atoms with Gasteiger partial charge >= 0.3 is 0 Å². The van der Waals surface area contributed by atoms with Crippen molar-refractivity contribution in [2.24, 2.45) is 0 Å². The number of allylic oxidation sites excluding steroid dienone is 1. The number of ketones is 1. The molecule has 136 valence electrons. The summed E-state index contributed by atoms with van der Waals surface area (Å²) in [6.07, 6.45) is 6.53. The van der Waals surface area contributed by atoms with Crippen LogP contribution in [0.5, 0.6) is 11.5 Å². The van der Waals surface area contributed by atoms with Crippen molar-refractivity contribution in [3.05, 3.63) is 95.3 Å². The fourth-order valence-electron chi connectivity index (χ4n) is 2.67. The normalized spacial score (nSPS) is 10.7. The summed E-state index contributed by atoms with van der Waals surface area (Å²) < 4.78 is 11.4. The monoisotopic (exact) mass is 359 g/mol. The van der Waals surface area contributed by atoms with E-state index in [1.807, 2.05) is 49.4 Å². The highest BCUT2D eigenvalue weighted by Gasteiger charge is 2.07. The molecule has 0 radical (unpaired) electrons. The minimum Gasteiger partial charge on any atom is -0.496 e. The first-order chi connectivity index (χ1) is 13.2. The topological polar surface area (TPSA) is 48.4 Å². The number of benzene rings is 2. The molecule has 3 rings (SSSR count). The van der Waals surface area contributed by atoms with E-state index in [1.54, 1.807) is 43.8 Å². The second-order valence-corrected chi connectivity index (χ2v) is 6.06. The van der Waals surface area contributed by atoms with Crippen molar-refractivity contribution in [1.82, 2.24) is 4.98 Å². The molecule has 0 aliphatic carbocycles. The number of rotatable bonds is 7. The Morgan fingerprint density at radius 2 is 1.93 bits per heavy atom. The molecule has 0 unspecified atom stereocenters. The minimum absolute atomic E-state index is 0.0865. The van der Waals surface area contributed by atoms with Crippen molar-refractivity contribution in [1.29, 1.82) is 0 Å². The van der Waals surface area contributed by atoms with Gasteiger partial charge in [-0.2, -0.15) is 0 Å². The largest absolute Gasteiger partial charge is 0.496 e. The highest BCUT2D eigenvalue weighted by molar-refractivity contribution is 6.06. The van der Waals surface area contributed by atoms with E-state index >= 15 is 0 Å². The van der Waals surface area contributed by atoms with Crippen LogP contribution in [0.1, 0.15) is 27.0 Å². The van der Waals surface area contributed by atoms with Gasteiger partial charge in [-0.15, -0.1) is 0 Å². The first-order valence-corrected chi connectivity index (χ1v) is 8.65. The Balaban J connectivity index is 1.76. The third kappa shape index (κ3) is 4.82. The van der Waals surface area contributed by atoms with Gasteiger partial charge in [0.05, 0.1) is 7.11 Å². The molecule has 0 bridgehead atoms. The molecule has 1 aromatic heterocycles. The Bertz CT molecular complexity index is 949. The van der Waals surface area contributed by atoms with Gasteiger partial charge in [0, 0.05) is 23.5 Å². The number of aryl methyl sites for hydroxylation is 1. The van der Waals surface area contributed by atoms with Crippen LogP contribution in [0.25, 0.3) is 6.08 Å². The summed E-state index contributed by atoms with van der Waals surface area (Å²) in [5.41, 5.74) is 3.45. The molecule has 0 fully saturated rings. The number of hydrogen-bond acceptors (Lipinski definition) is 4. The maximum absolute atomic E-state index is 12.2. The predicted molar refractivity (Wildman–Crippen MR) is 106 cm³/mol. The third-order valence-corrected chi connectivity index (χ3v) is 4.15. The van der Waals surface area contributed by atoms with E-state index in [-0.39, 0.29) is 5.78 Å². The molecule has 2 aromatic carbocycles. The summed E-state index contributed by atoms with van der Waals surface area (Å²) in [5, 5.41) is 0. The van der Waals surface area contributed by atoms with Crippen LogP contribution >= 0.6 is 0 Å². The van der Waals surface area contributed by atoms with Crippen molar-refractivity contribution in [2.75, 3.05) is 7.11 Å². The number of para-hydroxylation sites is 1. The van der Waals surface area contributed by atoms with E-state index < -0.39 is 0 Å². The lowest BCUT2D eigenvalue weighted by atomic mass is 10.1. The molecule has 0 saturated carbocycles.